The maximum Gasteiger partial charge on any atom is 0.241 e. The van der Waals surface area contributed by atoms with Crippen LogP contribution >= 0.6 is 0 Å². The van der Waals surface area contributed by atoms with Gasteiger partial charge in [0, 0.05) is 38.1 Å². The van der Waals surface area contributed by atoms with Crippen LogP contribution in [0.1, 0.15) is 6.92 Å². The molecule has 2 aromatic rings. The standard InChI is InChI=1S/C19H25N3O/c1-3-22(19(23)15-21-13-11-20(2)12-14-21)18-10-6-8-16-7-4-5-9-17(16)18/h4-10H,3,11-15H2,1-2H3. The van der Waals surface area contributed by atoms with E-state index in [2.05, 4.69) is 35.0 Å². The first-order valence-electron chi connectivity index (χ1n) is 8.38. The first-order valence-corrected chi connectivity index (χ1v) is 8.38. The van der Waals surface area contributed by atoms with Crippen molar-refractivity contribution in [1.82, 2.24) is 9.80 Å². The van der Waals surface area contributed by atoms with Crippen LogP contribution in [0, 0.1) is 0 Å². The molecule has 0 unspecified atom stereocenters. The van der Waals surface area contributed by atoms with Crippen molar-refractivity contribution >= 4 is 22.4 Å². The minimum absolute atomic E-state index is 0.188. The van der Waals surface area contributed by atoms with E-state index in [0.29, 0.717) is 13.1 Å². The predicted octanol–water partition coefficient (Wildman–Crippen LogP) is 2.44. The van der Waals surface area contributed by atoms with Crippen molar-refractivity contribution in [2.24, 2.45) is 0 Å². The van der Waals surface area contributed by atoms with Crippen molar-refractivity contribution in [3.05, 3.63) is 42.5 Å². The highest BCUT2D eigenvalue weighted by Crippen LogP contribution is 2.26. The molecule has 2 aromatic carbocycles. The zero-order valence-corrected chi connectivity index (χ0v) is 14.0. The summed E-state index contributed by atoms with van der Waals surface area (Å²) in [5.41, 5.74) is 1.02. The first-order chi connectivity index (χ1) is 11.2. The summed E-state index contributed by atoms with van der Waals surface area (Å²) in [5, 5.41) is 2.32. The molecule has 4 heteroatoms. The average molecular weight is 311 g/mol. The molecule has 122 valence electrons. The highest BCUT2D eigenvalue weighted by atomic mass is 16.2. The average Bonchev–Trinajstić information content (AvgIpc) is 2.58. The third kappa shape index (κ3) is 3.54. The molecule has 0 N–H and O–H groups in total. The number of piperazine rings is 1. The molecule has 1 fully saturated rings. The molecule has 0 bridgehead atoms. The van der Waals surface area contributed by atoms with Crippen molar-refractivity contribution in [2.75, 3.05) is 51.2 Å². The molecule has 0 aromatic heterocycles. The number of amides is 1. The van der Waals surface area contributed by atoms with Crippen LogP contribution in [-0.4, -0.2) is 62.0 Å². The van der Waals surface area contributed by atoms with Crippen molar-refractivity contribution in [1.29, 1.82) is 0 Å². The number of hydrogen-bond donors (Lipinski definition) is 0. The molecule has 1 heterocycles. The Kier molecular flexibility index (Phi) is 4.94. The molecule has 0 atom stereocenters. The largest absolute Gasteiger partial charge is 0.311 e. The van der Waals surface area contributed by atoms with E-state index >= 15 is 0 Å². The van der Waals surface area contributed by atoms with Crippen LogP contribution in [-0.2, 0) is 4.79 Å². The number of benzene rings is 2. The summed E-state index contributed by atoms with van der Waals surface area (Å²) in [4.78, 5) is 19.3. The lowest BCUT2D eigenvalue weighted by atomic mass is 10.1. The number of carbonyl (C=O) groups is 1. The number of rotatable bonds is 4. The molecule has 1 aliphatic heterocycles. The maximum absolute atomic E-state index is 12.8. The van der Waals surface area contributed by atoms with Crippen molar-refractivity contribution in [3.63, 3.8) is 0 Å². The number of nitrogens with zero attached hydrogens (tertiary/aromatic N) is 3. The van der Waals surface area contributed by atoms with Crippen LogP contribution in [0.25, 0.3) is 10.8 Å². The van der Waals surface area contributed by atoms with E-state index in [9.17, 15) is 4.79 Å². The summed E-state index contributed by atoms with van der Waals surface area (Å²) in [5.74, 6) is 0.188. The van der Waals surface area contributed by atoms with Gasteiger partial charge in [-0.3, -0.25) is 9.69 Å². The van der Waals surface area contributed by atoms with Gasteiger partial charge in [-0.1, -0.05) is 36.4 Å². The van der Waals surface area contributed by atoms with Gasteiger partial charge in [0.05, 0.1) is 12.2 Å². The fourth-order valence-corrected chi connectivity index (χ4v) is 3.21. The lowest BCUT2D eigenvalue weighted by Gasteiger charge is -2.33. The zero-order valence-electron chi connectivity index (χ0n) is 14.0. The molecule has 0 saturated carbocycles. The number of anilines is 1. The van der Waals surface area contributed by atoms with Crippen molar-refractivity contribution in [3.8, 4) is 0 Å². The Balaban J connectivity index is 1.79. The molecule has 1 amide bonds. The molecule has 3 rings (SSSR count). The summed E-state index contributed by atoms with van der Waals surface area (Å²) in [6.07, 6.45) is 0. The van der Waals surface area contributed by atoms with Crippen LogP contribution in [0.15, 0.2) is 42.5 Å². The molecule has 0 aliphatic carbocycles. The van der Waals surface area contributed by atoms with Crippen LogP contribution in [0.3, 0.4) is 0 Å². The smallest absolute Gasteiger partial charge is 0.241 e. The number of fused-ring (bicyclic) bond motifs is 1. The molecule has 23 heavy (non-hydrogen) atoms. The second-order valence-corrected chi connectivity index (χ2v) is 6.22. The fraction of sp³-hybridized carbons (Fsp3) is 0.421. The summed E-state index contributed by atoms with van der Waals surface area (Å²) in [7, 11) is 2.13. The molecule has 1 aliphatic rings. The topological polar surface area (TPSA) is 26.8 Å². The molecular formula is C19H25N3O. The maximum atomic E-state index is 12.8. The van der Waals surface area contributed by atoms with Gasteiger partial charge in [-0.2, -0.15) is 0 Å². The first kappa shape index (κ1) is 16.0. The van der Waals surface area contributed by atoms with E-state index in [1.807, 2.05) is 36.1 Å². The van der Waals surface area contributed by atoms with Crippen LogP contribution in [0.4, 0.5) is 5.69 Å². The third-order valence-electron chi connectivity index (χ3n) is 4.63. The highest BCUT2D eigenvalue weighted by molar-refractivity contribution is 6.04. The van der Waals surface area contributed by atoms with Crippen LogP contribution < -0.4 is 4.90 Å². The minimum atomic E-state index is 0.188. The number of hydrogen-bond acceptors (Lipinski definition) is 3. The summed E-state index contributed by atoms with van der Waals surface area (Å²) in [6, 6.07) is 14.4. The summed E-state index contributed by atoms with van der Waals surface area (Å²) < 4.78 is 0. The molecule has 4 nitrogen and oxygen atoms in total. The molecular weight excluding hydrogens is 286 g/mol. The highest BCUT2D eigenvalue weighted by Gasteiger charge is 2.21. The normalized spacial score (nSPS) is 16.6. The van der Waals surface area contributed by atoms with E-state index in [4.69, 9.17) is 0 Å². The van der Waals surface area contributed by atoms with Gasteiger partial charge < -0.3 is 9.80 Å². The Labute approximate surface area is 138 Å². The van der Waals surface area contributed by atoms with E-state index in [1.165, 1.54) is 5.39 Å². The van der Waals surface area contributed by atoms with Crippen LogP contribution in [0.2, 0.25) is 0 Å². The number of carbonyl (C=O) groups excluding carboxylic acids is 1. The Morgan fingerprint density at radius 2 is 1.74 bits per heavy atom. The minimum Gasteiger partial charge on any atom is -0.311 e. The van der Waals surface area contributed by atoms with E-state index in [1.54, 1.807) is 0 Å². The van der Waals surface area contributed by atoms with Gasteiger partial charge in [0.1, 0.15) is 0 Å². The lowest BCUT2D eigenvalue weighted by molar-refractivity contribution is -0.120. The quantitative estimate of drug-likeness (QED) is 0.868. The Morgan fingerprint density at radius 3 is 2.48 bits per heavy atom. The van der Waals surface area contributed by atoms with Gasteiger partial charge in [-0.25, -0.2) is 0 Å². The third-order valence-corrected chi connectivity index (χ3v) is 4.63. The second kappa shape index (κ2) is 7.11. The van der Waals surface area contributed by atoms with Crippen molar-refractivity contribution in [2.45, 2.75) is 6.92 Å². The zero-order chi connectivity index (χ0) is 16.2. The van der Waals surface area contributed by atoms with Gasteiger partial charge in [0.25, 0.3) is 0 Å². The van der Waals surface area contributed by atoms with Gasteiger partial charge in [-0.15, -0.1) is 0 Å². The summed E-state index contributed by atoms with van der Waals surface area (Å²) in [6.45, 7) is 7.25. The van der Waals surface area contributed by atoms with Crippen LogP contribution in [0.5, 0.6) is 0 Å². The second-order valence-electron chi connectivity index (χ2n) is 6.22. The van der Waals surface area contributed by atoms with Gasteiger partial charge in [0.2, 0.25) is 5.91 Å². The number of likely N-dealkylation sites (N-methyl/N-ethyl adjacent to an activating group) is 2. The monoisotopic (exact) mass is 311 g/mol. The van der Waals surface area contributed by atoms with Crippen molar-refractivity contribution < 1.29 is 4.79 Å². The SMILES string of the molecule is CCN(C(=O)CN1CCN(C)CC1)c1cccc2ccccc12. The van der Waals surface area contributed by atoms with Gasteiger partial charge in [0.15, 0.2) is 0 Å². The van der Waals surface area contributed by atoms with Gasteiger partial charge >= 0.3 is 0 Å². The van der Waals surface area contributed by atoms with E-state index in [-0.39, 0.29) is 5.91 Å². The molecule has 0 spiro atoms. The van der Waals surface area contributed by atoms with Gasteiger partial charge in [-0.05, 0) is 25.4 Å². The van der Waals surface area contributed by atoms with E-state index < -0.39 is 0 Å². The molecule has 0 radical (unpaired) electrons. The van der Waals surface area contributed by atoms with E-state index in [0.717, 1.165) is 37.3 Å². The summed E-state index contributed by atoms with van der Waals surface area (Å²) >= 11 is 0. The lowest BCUT2D eigenvalue weighted by Crippen LogP contribution is -2.49. The Morgan fingerprint density at radius 1 is 1.04 bits per heavy atom. The Bertz CT molecular complexity index is 672. The molecule has 1 saturated heterocycles. The fourth-order valence-electron chi connectivity index (χ4n) is 3.21. The predicted molar refractivity (Wildman–Crippen MR) is 95.9 cm³/mol. The Hall–Kier alpha value is -1.91.